The number of benzene rings is 1. The van der Waals surface area contributed by atoms with Gasteiger partial charge in [-0.15, -0.1) is 0 Å². The molecule has 1 amide bonds. The molecule has 1 aromatic rings. The number of halogens is 1. The number of amides is 1. The second-order valence-electron chi connectivity index (χ2n) is 5.54. The summed E-state index contributed by atoms with van der Waals surface area (Å²) in [5.41, 5.74) is 5.22. The van der Waals surface area contributed by atoms with Crippen LogP contribution in [0.3, 0.4) is 0 Å². The van der Waals surface area contributed by atoms with E-state index in [9.17, 15) is 14.9 Å². The molecule has 0 aliphatic rings. The number of nitrogens with two attached hydrogens (primary N) is 1. The third-order valence-electron chi connectivity index (χ3n) is 3.46. The van der Waals surface area contributed by atoms with Gasteiger partial charge in [0.2, 0.25) is 0 Å². The van der Waals surface area contributed by atoms with Gasteiger partial charge in [0.05, 0.1) is 21.2 Å². The maximum Gasteiger partial charge on any atom is 0.271 e. The SMILES string of the molecule is CN(C)C(C)(C)CNC(=O)c1cc([N+](=O)[O-])cc(Cl)c1N. The molecule has 0 aromatic heterocycles. The van der Waals surface area contributed by atoms with Crippen molar-refractivity contribution in [3.63, 3.8) is 0 Å². The van der Waals surface area contributed by atoms with Gasteiger partial charge in [-0.25, -0.2) is 0 Å². The molecule has 8 heteroatoms. The highest BCUT2D eigenvalue weighted by molar-refractivity contribution is 6.34. The molecule has 0 aliphatic heterocycles. The van der Waals surface area contributed by atoms with Crippen LogP contribution in [0.5, 0.6) is 0 Å². The van der Waals surface area contributed by atoms with E-state index in [2.05, 4.69) is 5.32 Å². The molecule has 3 N–H and O–H groups in total. The lowest BCUT2D eigenvalue weighted by molar-refractivity contribution is -0.384. The molecule has 0 radical (unpaired) electrons. The van der Waals surface area contributed by atoms with Gasteiger partial charge in [0, 0.05) is 24.2 Å². The Labute approximate surface area is 128 Å². The Kier molecular flexibility index (Phi) is 5.14. The first-order valence-corrected chi connectivity index (χ1v) is 6.63. The second kappa shape index (κ2) is 6.28. The standard InChI is InChI=1S/C13H19ClN4O3/c1-13(2,17(3)4)7-16-12(19)9-5-8(18(20)21)6-10(14)11(9)15/h5-6H,7,15H2,1-4H3,(H,16,19). The monoisotopic (exact) mass is 314 g/mol. The van der Waals surface area contributed by atoms with Crippen molar-refractivity contribution >= 4 is 28.9 Å². The highest BCUT2D eigenvalue weighted by Crippen LogP contribution is 2.28. The molecular formula is C13H19ClN4O3. The zero-order valence-electron chi connectivity index (χ0n) is 12.4. The molecule has 0 atom stereocenters. The Balaban J connectivity index is 3.00. The van der Waals surface area contributed by atoms with E-state index >= 15 is 0 Å². The summed E-state index contributed by atoms with van der Waals surface area (Å²) in [4.78, 5) is 24.3. The van der Waals surface area contributed by atoms with Crippen LogP contribution >= 0.6 is 11.6 Å². The maximum absolute atomic E-state index is 12.2. The number of nitrogens with zero attached hydrogens (tertiary/aromatic N) is 2. The van der Waals surface area contributed by atoms with Crippen molar-refractivity contribution in [2.45, 2.75) is 19.4 Å². The quantitative estimate of drug-likeness (QED) is 0.491. The third kappa shape index (κ3) is 4.05. The van der Waals surface area contributed by atoms with Gasteiger partial charge in [0.1, 0.15) is 0 Å². The molecule has 0 unspecified atom stereocenters. The molecule has 21 heavy (non-hydrogen) atoms. The van der Waals surface area contributed by atoms with Gasteiger partial charge in [-0.05, 0) is 27.9 Å². The minimum Gasteiger partial charge on any atom is -0.397 e. The molecule has 0 aliphatic carbocycles. The summed E-state index contributed by atoms with van der Waals surface area (Å²) in [6, 6.07) is 2.25. The first kappa shape index (κ1) is 17.2. The Bertz CT molecular complexity index is 573. The van der Waals surface area contributed by atoms with E-state index in [-0.39, 0.29) is 27.5 Å². The normalized spacial score (nSPS) is 11.5. The number of non-ortho nitro benzene ring substituents is 1. The molecule has 0 saturated heterocycles. The number of carbonyl (C=O) groups is 1. The molecule has 1 aromatic carbocycles. The van der Waals surface area contributed by atoms with E-state index in [1.54, 1.807) is 0 Å². The summed E-state index contributed by atoms with van der Waals surface area (Å²) in [5.74, 6) is -0.493. The highest BCUT2D eigenvalue weighted by atomic mass is 35.5. The smallest absolute Gasteiger partial charge is 0.271 e. The number of nitro groups is 1. The van der Waals surface area contributed by atoms with Crippen LogP contribution in [0.25, 0.3) is 0 Å². The molecule has 0 bridgehead atoms. The fourth-order valence-corrected chi connectivity index (χ4v) is 1.66. The zero-order valence-corrected chi connectivity index (χ0v) is 13.2. The van der Waals surface area contributed by atoms with Crippen molar-refractivity contribution in [2.75, 3.05) is 26.4 Å². The minimum atomic E-state index is -0.619. The fourth-order valence-electron chi connectivity index (χ4n) is 1.45. The van der Waals surface area contributed by atoms with Gasteiger partial charge in [-0.1, -0.05) is 11.6 Å². The van der Waals surface area contributed by atoms with Crippen LogP contribution in [0, 0.1) is 10.1 Å². The maximum atomic E-state index is 12.2. The largest absolute Gasteiger partial charge is 0.397 e. The number of hydrogen-bond donors (Lipinski definition) is 2. The average Bonchev–Trinajstić information content (AvgIpc) is 2.38. The van der Waals surface area contributed by atoms with Crippen molar-refractivity contribution in [3.05, 3.63) is 32.8 Å². The molecule has 1 rings (SSSR count). The van der Waals surface area contributed by atoms with Crippen molar-refractivity contribution in [2.24, 2.45) is 0 Å². The Morgan fingerprint density at radius 2 is 2.05 bits per heavy atom. The van der Waals surface area contributed by atoms with Gasteiger partial charge < -0.3 is 16.0 Å². The van der Waals surface area contributed by atoms with E-state index in [1.807, 2.05) is 32.8 Å². The number of likely N-dealkylation sites (N-methyl/N-ethyl adjacent to an activating group) is 1. The van der Waals surface area contributed by atoms with Crippen LogP contribution < -0.4 is 11.1 Å². The minimum absolute atomic E-state index is 0.00348. The summed E-state index contributed by atoms with van der Waals surface area (Å²) in [6.45, 7) is 4.27. The van der Waals surface area contributed by atoms with E-state index in [0.29, 0.717) is 6.54 Å². The van der Waals surface area contributed by atoms with Crippen LogP contribution in [0.1, 0.15) is 24.2 Å². The summed E-state index contributed by atoms with van der Waals surface area (Å²) < 4.78 is 0. The molecule has 7 nitrogen and oxygen atoms in total. The number of nitrogen functional groups attached to an aromatic ring is 1. The fraction of sp³-hybridized carbons (Fsp3) is 0.462. The van der Waals surface area contributed by atoms with Crippen molar-refractivity contribution in [3.8, 4) is 0 Å². The van der Waals surface area contributed by atoms with E-state index in [4.69, 9.17) is 17.3 Å². The number of nitrogens with one attached hydrogen (secondary N) is 1. The molecule has 0 fully saturated rings. The Morgan fingerprint density at radius 3 is 2.52 bits per heavy atom. The van der Waals surface area contributed by atoms with Gasteiger partial charge in [0.25, 0.3) is 11.6 Å². The molecule has 0 saturated carbocycles. The van der Waals surface area contributed by atoms with Gasteiger partial charge in [-0.2, -0.15) is 0 Å². The topological polar surface area (TPSA) is 102 Å². The van der Waals surface area contributed by atoms with Gasteiger partial charge >= 0.3 is 0 Å². The van der Waals surface area contributed by atoms with Crippen molar-refractivity contribution < 1.29 is 9.72 Å². The molecule has 0 heterocycles. The number of rotatable bonds is 5. The number of carbonyl (C=O) groups excluding carboxylic acids is 1. The lowest BCUT2D eigenvalue weighted by atomic mass is 10.0. The summed E-state index contributed by atoms with van der Waals surface area (Å²) in [5, 5.41) is 13.5. The van der Waals surface area contributed by atoms with Crippen LogP contribution in [0.2, 0.25) is 5.02 Å². The zero-order chi connectivity index (χ0) is 16.4. The first-order chi connectivity index (χ1) is 9.56. The van der Waals surface area contributed by atoms with Crippen LogP contribution in [-0.4, -0.2) is 41.9 Å². The highest BCUT2D eigenvalue weighted by Gasteiger charge is 2.23. The average molecular weight is 315 g/mol. The number of nitro benzene ring substituents is 1. The van der Waals surface area contributed by atoms with Crippen molar-refractivity contribution in [1.29, 1.82) is 0 Å². The van der Waals surface area contributed by atoms with Crippen LogP contribution in [-0.2, 0) is 0 Å². The first-order valence-electron chi connectivity index (χ1n) is 6.25. The summed E-state index contributed by atoms with van der Waals surface area (Å²) >= 11 is 5.83. The molecule has 116 valence electrons. The summed E-state index contributed by atoms with van der Waals surface area (Å²) in [6.07, 6.45) is 0. The van der Waals surface area contributed by atoms with Gasteiger partial charge in [0.15, 0.2) is 0 Å². The van der Waals surface area contributed by atoms with Gasteiger partial charge in [-0.3, -0.25) is 14.9 Å². The predicted octanol–water partition coefficient (Wildman–Crippen LogP) is 1.90. The molecule has 0 spiro atoms. The van der Waals surface area contributed by atoms with Crippen molar-refractivity contribution in [1.82, 2.24) is 10.2 Å². The predicted molar refractivity (Wildman–Crippen MR) is 82.6 cm³/mol. The Morgan fingerprint density at radius 1 is 1.48 bits per heavy atom. The van der Waals surface area contributed by atoms with E-state index < -0.39 is 10.8 Å². The van der Waals surface area contributed by atoms with E-state index in [0.717, 1.165) is 12.1 Å². The summed E-state index contributed by atoms with van der Waals surface area (Å²) in [7, 11) is 3.79. The van der Waals surface area contributed by atoms with Crippen LogP contribution in [0.15, 0.2) is 12.1 Å². The number of hydrogen-bond acceptors (Lipinski definition) is 5. The second-order valence-corrected chi connectivity index (χ2v) is 5.94. The Hall–Kier alpha value is -1.86. The third-order valence-corrected chi connectivity index (χ3v) is 3.77. The van der Waals surface area contributed by atoms with E-state index in [1.165, 1.54) is 0 Å². The van der Waals surface area contributed by atoms with Crippen LogP contribution in [0.4, 0.5) is 11.4 Å². The molecular weight excluding hydrogens is 296 g/mol. The lowest BCUT2D eigenvalue weighted by Crippen LogP contribution is -2.48. The number of anilines is 1. The lowest BCUT2D eigenvalue weighted by Gasteiger charge is -2.32.